The summed E-state index contributed by atoms with van der Waals surface area (Å²) >= 11 is 0. The molecule has 0 N–H and O–H groups in total. The zero-order valence-electron chi connectivity index (χ0n) is 15.1. The molecule has 4 rings (SSSR count). The molecular weight excluding hydrogens is 344 g/mol. The summed E-state index contributed by atoms with van der Waals surface area (Å²) < 4.78 is 12.5. The third-order valence-corrected chi connectivity index (χ3v) is 4.47. The van der Waals surface area contributed by atoms with E-state index in [1.165, 1.54) is 11.7 Å². The zero-order valence-corrected chi connectivity index (χ0v) is 15.1. The molecule has 0 saturated heterocycles. The summed E-state index contributed by atoms with van der Waals surface area (Å²) in [5, 5.41) is 0.279. The SMILES string of the molecule is CCCc1nc2oc3cc(OC)ccc3c(=O)c2c(=O)n1-c1ccccc1. The molecule has 136 valence electrons. The minimum absolute atomic E-state index is 0.0450. The van der Waals surface area contributed by atoms with Crippen molar-refractivity contribution in [3.05, 3.63) is 74.9 Å². The van der Waals surface area contributed by atoms with Crippen LogP contribution in [0.3, 0.4) is 0 Å². The molecule has 6 nitrogen and oxygen atoms in total. The smallest absolute Gasteiger partial charge is 0.273 e. The van der Waals surface area contributed by atoms with E-state index in [-0.39, 0.29) is 16.5 Å². The third kappa shape index (κ3) is 2.79. The number of benzene rings is 2. The molecule has 2 heterocycles. The molecule has 0 radical (unpaired) electrons. The fourth-order valence-corrected chi connectivity index (χ4v) is 3.19. The van der Waals surface area contributed by atoms with E-state index in [0.717, 1.165) is 6.42 Å². The second-order valence-corrected chi connectivity index (χ2v) is 6.23. The molecule has 0 saturated carbocycles. The Bertz CT molecular complexity index is 1260. The number of rotatable bonds is 4. The van der Waals surface area contributed by atoms with Gasteiger partial charge < -0.3 is 9.15 Å². The normalized spacial score (nSPS) is 11.2. The average Bonchev–Trinajstić information content (AvgIpc) is 2.68. The van der Waals surface area contributed by atoms with Gasteiger partial charge in [0, 0.05) is 12.5 Å². The number of para-hydroxylation sites is 1. The van der Waals surface area contributed by atoms with Crippen LogP contribution < -0.4 is 15.7 Å². The van der Waals surface area contributed by atoms with E-state index < -0.39 is 5.56 Å². The lowest BCUT2D eigenvalue weighted by Crippen LogP contribution is -2.27. The highest BCUT2D eigenvalue weighted by Crippen LogP contribution is 2.22. The van der Waals surface area contributed by atoms with Crippen LogP contribution in [0.5, 0.6) is 5.75 Å². The van der Waals surface area contributed by atoms with Crippen molar-refractivity contribution in [2.75, 3.05) is 7.11 Å². The van der Waals surface area contributed by atoms with Gasteiger partial charge in [-0.15, -0.1) is 0 Å². The van der Waals surface area contributed by atoms with Gasteiger partial charge in [0.2, 0.25) is 11.1 Å². The highest BCUT2D eigenvalue weighted by atomic mass is 16.5. The van der Waals surface area contributed by atoms with Crippen LogP contribution in [0.25, 0.3) is 27.8 Å². The number of nitrogens with zero attached hydrogens (tertiary/aromatic N) is 2. The molecule has 4 aromatic rings. The molecule has 0 bridgehead atoms. The van der Waals surface area contributed by atoms with Crippen molar-refractivity contribution in [2.45, 2.75) is 19.8 Å². The molecule has 0 unspecified atom stereocenters. The molecular formula is C21H18N2O4. The monoisotopic (exact) mass is 362 g/mol. The summed E-state index contributed by atoms with van der Waals surface area (Å²) in [6, 6.07) is 14.1. The van der Waals surface area contributed by atoms with Crippen molar-refractivity contribution in [3.8, 4) is 11.4 Å². The van der Waals surface area contributed by atoms with Gasteiger partial charge in [-0.3, -0.25) is 14.2 Å². The number of methoxy groups -OCH3 is 1. The number of hydrogen-bond donors (Lipinski definition) is 0. The summed E-state index contributed by atoms with van der Waals surface area (Å²) in [7, 11) is 1.54. The predicted octanol–water partition coefficient (Wildman–Crippen LogP) is 3.45. The minimum atomic E-state index is -0.416. The first kappa shape index (κ1) is 17.0. The molecule has 2 aromatic heterocycles. The fraction of sp³-hybridized carbons (Fsp3) is 0.190. The van der Waals surface area contributed by atoms with Crippen molar-refractivity contribution >= 4 is 22.1 Å². The van der Waals surface area contributed by atoms with Crippen LogP contribution in [0.15, 0.2) is 62.5 Å². The summed E-state index contributed by atoms with van der Waals surface area (Å²) in [4.78, 5) is 30.8. The molecule has 0 aliphatic carbocycles. The molecule has 0 amide bonds. The van der Waals surface area contributed by atoms with Crippen molar-refractivity contribution in [2.24, 2.45) is 0 Å². The van der Waals surface area contributed by atoms with Gasteiger partial charge in [0.1, 0.15) is 17.2 Å². The Labute approximate surface area is 154 Å². The van der Waals surface area contributed by atoms with Crippen LogP contribution in [-0.4, -0.2) is 16.7 Å². The lowest BCUT2D eigenvalue weighted by Gasteiger charge is -2.12. The maximum atomic E-state index is 13.3. The van der Waals surface area contributed by atoms with Gasteiger partial charge >= 0.3 is 0 Å². The maximum Gasteiger partial charge on any atom is 0.273 e. The van der Waals surface area contributed by atoms with Crippen LogP contribution in [0.1, 0.15) is 19.2 Å². The van der Waals surface area contributed by atoms with Crippen molar-refractivity contribution < 1.29 is 9.15 Å². The maximum absolute atomic E-state index is 13.3. The van der Waals surface area contributed by atoms with Gasteiger partial charge in [-0.25, -0.2) is 0 Å². The van der Waals surface area contributed by atoms with Crippen LogP contribution >= 0.6 is 0 Å². The number of ether oxygens (including phenoxy) is 1. The van der Waals surface area contributed by atoms with E-state index in [9.17, 15) is 9.59 Å². The number of aromatic nitrogens is 2. The highest BCUT2D eigenvalue weighted by Gasteiger charge is 2.18. The van der Waals surface area contributed by atoms with Crippen LogP contribution in [0.4, 0.5) is 0 Å². The molecule has 6 heteroatoms. The Balaban J connectivity index is 2.14. The van der Waals surface area contributed by atoms with Gasteiger partial charge in [-0.05, 0) is 30.7 Å². The summed E-state index contributed by atoms with van der Waals surface area (Å²) in [5.41, 5.74) is 0.273. The molecule has 2 aromatic carbocycles. The van der Waals surface area contributed by atoms with Crippen molar-refractivity contribution in [1.29, 1.82) is 0 Å². The second-order valence-electron chi connectivity index (χ2n) is 6.23. The first-order chi connectivity index (χ1) is 13.1. The van der Waals surface area contributed by atoms with Crippen molar-refractivity contribution in [3.63, 3.8) is 0 Å². The molecule has 0 fully saturated rings. The van der Waals surface area contributed by atoms with Gasteiger partial charge in [0.05, 0.1) is 18.2 Å². The minimum Gasteiger partial charge on any atom is -0.497 e. The quantitative estimate of drug-likeness (QED) is 0.520. The van der Waals surface area contributed by atoms with E-state index in [0.29, 0.717) is 34.7 Å². The van der Waals surface area contributed by atoms with Gasteiger partial charge in [0.25, 0.3) is 5.56 Å². The Morgan fingerprint density at radius 3 is 2.59 bits per heavy atom. The van der Waals surface area contributed by atoms with Crippen molar-refractivity contribution in [1.82, 2.24) is 9.55 Å². The summed E-state index contributed by atoms with van der Waals surface area (Å²) in [5.74, 6) is 1.13. The first-order valence-electron chi connectivity index (χ1n) is 8.76. The standard InChI is InChI=1S/C21H18N2O4/c1-3-7-17-22-20-18(21(25)23(17)13-8-5-4-6-9-13)19(24)15-11-10-14(26-2)12-16(15)27-20/h4-6,8-12H,3,7H2,1-2H3. The lowest BCUT2D eigenvalue weighted by atomic mass is 10.2. The van der Waals surface area contributed by atoms with Crippen LogP contribution in [0.2, 0.25) is 0 Å². The topological polar surface area (TPSA) is 74.3 Å². The molecule has 0 aliphatic heterocycles. The fourth-order valence-electron chi connectivity index (χ4n) is 3.19. The second kappa shape index (κ2) is 6.72. The molecule has 0 aliphatic rings. The number of fused-ring (bicyclic) bond motifs is 2. The lowest BCUT2D eigenvalue weighted by molar-refractivity contribution is 0.414. The highest BCUT2D eigenvalue weighted by molar-refractivity contribution is 5.88. The number of aryl methyl sites for hydroxylation is 1. The zero-order chi connectivity index (χ0) is 19.0. The Hall–Kier alpha value is -3.41. The van der Waals surface area contributed by atoms with E-state index in [1.807, 2.05) is 37.3 Å². The van der Waals surface area contributed by atoms with Gasteiger partial charge in [-0.1, -0.05) is 25.1 Å². The Kier molecular flexibility index (Phi) is 4.24. The largest absolute Gasteiger partial charge is 0.497 e. The Morgan fingerprint density at radius 1 is 1.11 bits per heavy atom. The van der Waals surface area contributed by atoms with Crippen LogP contribution in [-0.2, 0) is 6.42 Å². The third-order valence-electron chi connectivity index (χ3n) is 4.47. The van der Waals surface area contributed by atoms with E-state index in [2.05, 4.69) is 4.98 Å². The number of hydrogen-bond acceptors (Lipinski definition) is 5. The van der Waals surface area contributed by atoms with E-state index in [1.54, 1.807) is 18.2 Å². The van der Waals surface area contributed by atoms with Gasteiger partial charge in [-0.2, -0.15) is 4.98 Å². The molecule has 0 atom stereocenters. The average molecular weight is 362 g/mol. The van der Waals surface area contributed by atoms with Gasteiger partial charge in [0.15, 0.2) is 5.39 Å². The molecule has 27 heavy (non-hydrogen) atoms. The van der Waals surface area contributed by atoms with Crippen LogP contribution in [0, 0.1) is 0 Å². The molecule has 0 spiro atoms. The summed E-state index contributed by atoms with van der Waals surface area (Å²) in [6.45, 7) is 2.01. The van der Waals surface area contributed by atoms with E-state index >= 15 is 0 Å². The Morgan fingerprint density at radius 2 is 1.89 bits per heavy atom. The first-order valence-corrected chi connectivity index (χ1v) is 8.76. The predicted molar refractivity (Wildman–Crippen MR) is 104 cm³/mol. The van der Waals surface area contributed by atoms with E-state index in [4.69, 9.17) is 9.15 Å². The summed E-state index contributed by atoms with van der Waals surface area (Å²) in [6.07, 6.45) is 1.39.